The summed E-state index contributed by atoms with van der Waals surface area (Å²) in [6, 6.07) is 6.84. The van der Waals surface area contributed by atoms with E-state index in [1.165, 1.54) is 4.90 Å². The second-order valence-electron chi connectivity index (χ2n) is 2.71. The van der Waals surface area contributed by atoms with Gasteiger partial charge in [0.15, 0.2) is 0 Å². The van der Waals surface area contributed by atoms with Crippen LogP contribution in [0.3, 0.4) is 0 Å². The second kappa shape index (κ2) is 4.87. The minimum Gasteiger partial charge on any atom is -0.345 e. The molecule has 0 aliphatic heterocycles. The zero-order valence-electron chi connectivity index (χ0n) is 7.04. The Morgan fingerprint density at radius 3 is 2.08 bits per heavy atom. The van der Waals surface area contributed by atoms with E-state index in [9.17, 15) is 4.79 Å². The molecule has 0 aliphatic rings. The molecule has 0 N–H and O–H groups in total. The van der Waals surface area contributed by atoms with Gasteiger partial charge in [-0.25, -0.2) is 0 Å². The van der Waals surface area contributed by atoms with Crippen LogP contribution in [0.2, 0.25) is 5.02 Å². The lowest BCUT2D eigenvalue weighted by atomic mass is 10.2. The molecule has 0 heterocycles. The molecule has 0 unspecified atom stereocenters. The van der Waals surface area contributed by atoms with Gasteiger partial charge >= 0.3 is 0 Å². The van der Waals surface area contributed by atoms with Gasteiger partial charge in [-0.2, -0.15) is 0 Å². The van der Waals surface area contributed by atoms with Crippen molar-refractivity contribution in [1.82, 2.24) is 4.90 Å². The highest BCUT2D eigenvalue weighted by molar-refractivity contribution is 6.30. The molecule has 0 aromatic heterocycles. The number of carbonyl (C=O) groups is 1. The van der Waals surface area contributed by atoms with Gasteiger partial charge in [0.1, 0.15) is 0 Å². The topological polar surface area (TPSA) is 20.3 Å². The molecule has 13 heavy (non-hydrogen) atoms. The van der Waals surface area contributed by atoms with Gasteiger partial charge in [0, 0.05) is 24.7 Å². The molecule has 0 atom stereocenters. The number of hydrogen-bond acceptors (Lipinski definition) is 1. The highest BCUT2D eigenvalue weighted by Gasteiger charge is 2.05. The van der Waals surface area contributed by atoms with E-state index in [2.05, 4.69) is 0 Å². The Hall–Kier alpha value is -1.02. The molecule has 72 valence electrons. The van der Waals surface area contributed by atoms with Crippen molar-refractivity contribution in [2.45, 2.75) is 7.43 Å². The Labute approximate surface area is 84.1 Å². The van der Waals surface area contributed by atoms with Gasteiger partial charge in [0.25, 0.3) is 5.91 Å². The van der Waals surface area contributed by atoms with Crippen molar-refractivity contribution < 1.29 is 4.79 Å². The molecule has 1 rings (SSSR count). The van der Waals surface area contributed by atoms with Gasteiger partial charge in [-0.15, -0.1) is 0 Å². The first kappa shape index (κ1) is 12.0. The quantitative estimate of drug-likeness (QED) is 0.681. The van der Waals surface area contributed by atoms with Gasteiger partial charge in [-0.1, -0.05) is 19.0 Å². The standard InChI is InChI=1S/C9H10ClNO.CH4/c1-11(2)9(12)7-3-5-8(10)6-4-7;/h3-6H,1-2H3;1H4. The van der Waals surface area contributed by atoms with E-state index in [0.29, 0.717) is 10.6 Å². The van der Waals surface area contributed by atoms with Crippen LogP contribution < -0.4 is 0 Å². The summed E-state index contributed by atoms with van der Waals surface area (Å²) in [4.78, 5) is 12.9. The molecule has 0 spiro atoms. The van der Waals surface area contributed by atoms with Crippen molar-refractivity contribution in [3.63, 3.8) is 0 Å². The average Bonchev–Trinajstić information content (AvgIpc) is 2.04. The van der Waals surface area contributed by atoms with Gasteiger partial charge in [0.05, 0.1) is 0 Å². The van der Waals surface area contributed by atoms with E-state index < -0.39 is 0 Å². The Kier molecular flexibility index (Phi) is 4.49. The number of carbonyl (C=O) groups excluding carboxylic acids is 1. The summed E-state index contributed by atoms with van der Waals surface area (Å²) < 4.78 is 0. The Morgan fingerprint density at radius 1 is 1.23 bits per heavy atom. The molecule has 0 saturated carbocycles. The van der Waals surface area contributed by atoms with Gasteiger partial charge in [-0.3, -0.25) is 4.79 Å². The van der Waals surface area contributed by atoms with Crippen molar-refractivity contribution in [3.05, 3.63) is 34.9 Å². The molecule has 0 fully saturated rings. The summed E-state index contributed by atoms with van der Waals surface area (Å²) in [5.74, 6) is -0.00772. The largest absolute Gasteiger partial charge is 0.345 e. The first-order valence-electron chi connectivity index (χ1n) is 3.58. The molecule has 0 bridgehead atoms. The Bertz CT molecular complexity index is 279. The molecule has 1 amide bonds. The third-order valence-corrected chi connectivity index (χ3v) is 1.75. The highest BCUT2D eigenvalue weighted by atomic mass is 35.5. The van der Waals surface area contributed by atoms with Gasteiger partial charge < -0.3 is 4.90 Å². The molecule has 3 heteroatoms. The monoisotopic (exact) mass is 199 g/mol. The second-order valence-corrected chi connectivity index (χ2v) is 3.14. The minimum absolute atomic E-state index is 0. The number of amides is 1. The number of nitrogens with zero attached hydrogens (tertiary/aromatic N) is 1. The highest BCUT2D eigenvalue weighted by Crippen LogP contribution is 2.10. The van der Waals surface area contributed by atoms with Crippen LogP contribution in [0.4, 0.5) is 0 Å². The van der Waals surface area contributed by atoms with Crippen LogP contribution in [0.15, 0.2) is 24.3 Å². The SMILES string of the molecule is C.CN(C)C(=O)c1ccc(Cl)cc1. The molecule has 0 radical (unpaired) electrons. The van der Waals surface area contributed by atoms with Crippen molar-refractivity contribution in [3.8, 4) is 0 Å². The maximum atomic E-state index is 11.3. The van der Waals surface area contributed by atoms with E-state index in [0.717, 1.165) is 0 Å². The predicted octanol–water partition coefficient (Wildman–Crippen LogP) is 2.68. The minimum atomic E-state index is -0.00772. The molecular weight excluding hydrogens is 186 g/mol. The fourth-order valence-electron chi connectivity index (χ4n) is 0.851. The van der Waals surface area contributed by atoms with E-state index in [-0.39, 0.29) is 13.3 Å². The summed E-state index contributed by atoms with van der Waals surface area (Å²) >= 11 is 5.67. The lowest BCUT2D eigenvalue weighted by molar-refractivity contribution is 0.0827. The third kappa shape index (κ3) is 3.07. The Balaban J connectivity index is 0.00000144. The zero-order chi connectivity index (χ0) is 9.14. The number of rotatable bonds is 1. The predicted molar refractivity (Wildman–Crippen MR) is 56.2 cm³/mol. The van der Waals surface area contributed by atoms with Crippen LogP contribution in [0, 0.1) is 0 Å². The molecule has 1 aromatic rings. The average molecular weight is 200 g/mol. The normalized spacial score (nSPS) is 8.85. The smallest absolute Gasteiger partial charge is 0.253 e. The van der Waals surface area contributed by atoms with Crippen molar-refractivity contribution >= 4 is 17.5 Å². The first-order valence-corrected chi connectivity index (χ1v) is 3.96. The van der Waals surface area contributed by atoms with Gasteiger partial charge in [-0.05, 0) is 24.3 Å². The molecular formula is C10H14ClNO. The van der Waals surface area contributed by atoms with E-state index >= 15 is 0 Å². The fraction of sp³-hybridized carbons (Fsp3) is 0.300. The molecule has 1 aromatic carbocycles. The maximum absolute atomic E-state index is 11.3. The lowest BCUT2D eigenvalue weighted by Crippen LogP contribution is -2.21. The zero-order valence-corrected chi connectivity index (χ0v) is 7.80. The van der Waals surface area contributed by atoms with Crippen molar-refractivity contribution in [2.75, 3.05) is 14.1 Å². The number of halogens is 1. The first-order chi connectivity index (χ1) is 5.61. The van der Waals surface area contributed by atoms with Gasteiger partial charge in [0.2, 0.25) is 0 Å². The van der Waals surface area contributed by atoms with E-state index in [4.69, 9.17) is 11.6 Å². The molecule has 0 aliphatic carbocycles. The van der Waals surface area contributed by atoms with Crippen molar-refractivity contribution in [2.24, 2.45) is 0 Å². The van der Waals surface area contributed by atoms with Crippen molar-refractivity contribution in [1.29, 1.82) is 0 Å². The van der Waals surface area contributed by atoms with Crippen LogP contribution in [0.25, 0.3) is 0 Å². The van der Waals surface area contributed by atoms with Crippen LogP contribution in [0.1, 0.15) is 17.8 Å². The van der Waals surface area contributed by atoms with E-state index in [1.807, 2.05) is 0 Å². The summed E-state index contributed by atoms with van der Waals surface area (Å²) in [5.41, 5.74) is 0.657. The van der Waals surface area contributed by atoms with Crippen LogP contribution >= 0.6 is 11.6 Å². The van der Waals surface area contributed by atoms with Crippen LogP contribution in [-0.2, 0) is 0 Å². The molecule has 0 saturated heterocycles. The number of benzene rings is 1. The summed E-state index contributed by atoms with van der Waals surface area (Å²) in [6.07, 6.45) is 0. The van der Waals surface area contributed by atoms with E-state index in [1.54, 1.807) is 38.4 Å². The maximum Gasteiger partial charge on any atom is 0.253 e. The fourth-order valence-corrected chi connectivity index (χ4v) is 0.977. The van der Waals surface area contributed by atoms with Crippen LogP contribution in [0.5, 0.6) is 0 Å². The number of hydrogen-bond donors (Lipinski definition) is 0. The lowest BCUT2D eigenvalue weighted by Gasteiger charge is -2.09. The third-order valence-electron chi connectivity index (χ3n) is 1.50. The summed E-state index contributed by atoms with van der Waals surface area (Å²) in [7, 11) is 3.44. The summed E-state index contributed by atoms with van der Waals surface area (Å²) in [6.45, 7) is 0. The Morgan fingerprint density at radius 2 is 1.69 bits per heavy atom. The van der Waals surface area contributed by atoms with Crippen LogP contribution in [-0.4, -0.2) is 24.9 Å². The summed E-state index contributed by atoms with van der Waals surface area (Å²) in [5, 5.41) is 0.644. The molecule has 2 nitrogen and oxygen atoms in total.